The van der Waals surface area contributed by atoms with Gasteiger partial charge >= 0.3 is 0 Å². The Labute approximate surface area is 65.7 Å². The molecular formula is C7H9NO2S. The van der Waals surface area contributed by atoms with Crippen LogP contribution in [0.15, 0.2) is 29.2 Å². The normalized spacial score (nSPS) is 15.7. The molecule has 1 atom stereocenters. The highest BCUT2D eigenvalue weighted by molar-refractivity contribution is 7.91. The van der Waals surface area contributed by atoms with Gasteiger partial charge in [0.2, 0.25) is 0 Å². The number of rotatable bonds is 1. The molecule has 4 heteroatoms. The van der Waals surface area contributed by atoms with Crippen LogP contribution in [0.25, 0.3) is 0 Å². The Morgan fingerprint density at radius 1 is 1.36 bits per heavy atom. The Balaban J connectivity index is 3.20. The van der Waals surface area contributed by atoms with Gasteiger partial charge in [0.25, 0.3) is 0 Å². The molecule has 2 N–H and O–H groups in total. The van der Waals surface area contributed by atoms with E-state index in [-0.39, 0.29) is 5.75 Å². The summed E-state index contributed by atoms with van der Waals surface area (Å²) in [6.07, 6.45) is 1.35. The third-order valence-electron chi connectivity index (χ3n) is 1.29. The summed E-state index contributed by atoms with van der Waals surface area (Å²) >= 11 is 0. The zero-order valence-corrected chi connectivity index (χ0v) is 6.89. The average molecular weight is 171 g/mol. The molecule has 0 aliphatic rings. The minimum absolute atomic E-state index is 0.123. The second-order valence-electron chi connectivity index (χ2n) is 2.34. The van der Waals surface area contributed by atoms with Crippen molar-refractivity contribution in [2.75, 3.05) is 6.26 Å². The number of hydrogen-bond donors (Lipinski definition) is 2. The Kier molecular flexibility index (Phi) is 1.87. The van der Waals surface area contributed by atoms with Gasteiger partial charge < -0.3 is 5.11 Å². The molecular weight excluding hydrogens is 162 g/mol. The predicted molar refractivity (Wildman–Crippen MR) is 43.2 cm³/mol. The Hall–Kier alpha value is -1.03. The van der Waals surface area contributed by atoms with Crippen LogP contribution in [-0.4, -0.2) is 15.6 Å². The molecule has 1 aromatic rings. The zero-order valence-electron chi connectivity index (χ0n) is 6.07. The predicted octanol–water partition coefficient (Wildman–Crippen LogP) is 1.43. The lowest BCUT2D eigenvalue weighted by molar-refractivity contribution is 0.475. The molecule has 0 fully saturated rings. The molecule has 0 heterocycles. The average Bonchev–Trinajstić information content (AvgIpc) is 1.86. The summed E-state index contributed by atoms with van der Waals surface area (Å²) in [5.74, 6) is 0.123. The SMILES string of the molecule is C[S@@](=N)(=O)c1ccc(O)cc1. The van der Waals surface area contributed by atoms with Crippen molar-refractivity contribution in [3.05, 3.63) is 24.3 Å². The second-order valence-corrected chi connectivity index (χ2v) is 4.50. The molecule has 0 aliphatic carbocycles. The first-order valence-electron chi connectivity index (χ1n) is 3.03. The minimum Gasteiger partial charge on any atom is -0.508 e. The van der Waals surface area contributed by atoms with E-state index in [2.05, 4.69) is 0 Å². The third kappa shape index (κ3) is 1.94. The standard InChI is InChI=1S/C7H9NO2S/c1-11(8,10)7-4-2-6(9)3-5-7/h2-5,8-9H,1H3/t11-/m1/s1. The molecule has 60 valence electrons. The van der Waals surface area contributed by atoms with Gasteiger partial charge in [0.05, 0.1) is 9.73 Å². The van der Waals surface area contributed by atoms with Crippen molar-refractivity contribution in [3.63, 3.8) is 0 Å². The zero-order chi connectivity index (χ0) is 8.48. The molecule has 1 aromatic carbocycles. The largest absolute Gasteiger partial charge is 0.508 e. The van der Waals surface area contributed by atoms with E-state index in [9.17, 15) is 4.21 Å². The van der Waals surface area contributed by atoms with Crippen LogP contribution in [0.2, 0.25) is 0 Å². The first-order valence-corrected chi connectivity index (χ1v) is 4.99. The summed E-state index contributed by atoms with van der Waals surface area (Å²) in [5, 5.41) is 8.87. The highest BCUT2D eigenvalue weighted by Crippen LogP contribution is 2.13. The molecule has 0 radical (unpaired) electrons. The maximum Gasteiger partial charge on any atom is 0.115 e. The van der Waals surface area contributed by atoms with Crippen molar-refractivity contribution < 1.29 is 9.32 Å². The summed E-state index contributed by atoms with van der Waals surface area (Å²) in [4.78, 5) is 0.440. The molecule has 0 amide bonds. The van der Waals surface area contributed by atoms with Crippen molar-refractivity contribution in [1.82, 2.24) is 0 Å². The maximum absolute atomic E-state index is 11.1. The van der Waals surface area contributed by atoms with Gasteiger partial charge in [0, 0.05) is 11.2 Å². The van der Waals surface area contributed by atoms with Crippen LogP contribution in [0.3, 0.4) is 0 Å². The van der Waals surface area contributed by atoms with Crippen LogP contribution in [0.1, 0.15) is 0 Å². The quantitative estimate of drug-likeness (QED) is 0.671. The van der Waals surface area contributed by atoms with Gasteiger partial charge in [-0.25, -0.2) is 8.99 Å². The van der Waals surface area contributed by atoms with Crippen LogP contribution in [0, 0.1) is 4.78 Å². The van der Waals surface area contributed by atoms with Crippen molar-refractivity contribution in [3.8, 4) is 5.75 Å². The first-order chi connectivity index (χ1) is 5.00. The van der Waals surface area contributed by atoms with Crippen molar-refractivity contribution >= 4 is 9.73 Å². The van der Waals surface area contributed by atoms with E-state index in [0.717, 1.165) is 0 Å². The van der Waals surface area contributed by atoms with Crippen LogP contribution in [0.4, 0.5) is 0 Å². The minimum atomic E-state index is -2.63. The molecule has 1 rings (SSSR count). The fourth-order valence-corrected chi connectivity index (χ4v) is 1.36. The van der Waals surface area contributed by atoms with Gasteiger partial charge in [-0.1, -0.05) is 0 Å². The summed E-state index contributed by atoms with van der Waals surface area (Å²) in [6, 6.07) is 5.83. The molecule has 0 aromatic heterocycles. The number of phenolic OH excluding ortho intramolecular Hbond substituents is 1. The van der Waals surface area contributed by atoms with Gasteiger partial charge in [0.1, 0.15) is 5.75 Å². The molecule has 11 heavy (non-hydrogen) atoms. The molecule has 0 bridgehead atoms. The molecule has 0 saturated heterocycles. The fraction of sp³-hybridized carbons (Fsp3) is 0.143. The van der Waals surface area contributed by atoms with Crippen LogP contribution < -0.4 is 0 Å². The number of nitrogens with one attached hydrogen (secondary N) is 1. The summed E-state index contributed by atoms with van der Waals surface area (Å²) < 4.78 is 18.3. The van der Waals surface area contributed by atoms with Gasteiger partial charge in [-0.3, -0.25) is 0 Å². The molecule has 0 aliphatic heterocycles. The van der Waals surface area contributed by atoms with Gasteiger partial charge in [0.15, 0.2) is 0 Å². The molecule has 3 nitrogen and oxygen atoms in total. The van der Waals surface area contributed by atoms with E-state index in [0.29, 0.717) is 4.90 Å². The second kappa shape index (κ2) is 2.54. The lowest BCUT2D eigenvalue weighted by Crippen LogP contribution is -1.92. The lowest BCUT2D eigenvalue weighted by atomic mass is 10.3. The maximum atomic E-state index is 11.1. The van der Waals surface area contributed by atoms with Gasteiger partial charge in [-0.15, -0.1) is 0 Å². The van der Waals surface area contributed by atoms with Crippen molar-refractivity contribution in [2.45, 2.75) is 4.90 Å². The summed E-state index contributed by atoms with van der Waals surface area (Å²) in [7, 11) is -2.63. The van der Waals surface area contributed by atoms with Crippen LogP contribution in [0.5, 0.6) is 5.75 Å². The van der Waals surface area contributed by atoms with Crippen molar-refractivity contribution in [2.24, 2.45) is 0 Å². The first kappa shape index (κ1) is 8.07. The van der Waals surface area contributed by atoms with E-state index >= 15 is 0 Å². The van der Waals surface area contributed by atoms with Gasteiger partial charge in [-0.2, -0.15) is 0 Å². The van der Waals surface area contributed by atoms with E-state index in [1.807, 2.05) is 0 Å². The monoisotopic (exact) mass is 171 g/mol. The van der Waals surface area contributed by atoms with E-state index < -0.39 is 9.73 Å². The Bertz CT molecular complexity index is 339. The highest BCUT2D eigenvalue weighted by atomic mass is 32.2. The van der Waals surface area contributed by atoms with E-state index in [1.165, 1.54) is 30.5 Å². The molecule has 0 spiro atoms. The lowest BCUT2D eigenvalue weighted by Gasteiger charge is -1.99. The third-order valence-corrected chi connectivity index (χ3v) is 2.46. The Morgan fingerprint density at radius 2 is 1.82 bits per heavy atom. The van der Waals surface area contributed by atoms with Gasteiger partial charge in [-0.05, 0) is 24.3 Å². The number of hydrogen-bond acceptors (Lipinski definition) is 3. The number of phenols is 1. The molecule has 0 unspecified atom stereocenters. The van der Waals surface area contributed by atoms with Crippen LogP contribution >= 0.6 is 0 Å². The van der Waals surface area contributed by atoms with Crippen LogP contribution in [-0.2, 0) is 9.73 Å². The summed E-state index contributed by atoms with van der Waals surface area (Å²) in [6.45, 7) is 0. The highest BCUT2D eigenvalue weighted by Gasteiger charge is 2.00. The van der Waals surface area contributed by atoms with Crippen molar-refractivity contribution in [1.29, 1.82) is 4.78 Å². The topological polar surface area (TPSA) is 61.2 Å². The fourth-order valence-electron chi connectivity index (χ4n) is 0.706. The van der Waals surface area contributed by atoms with E-state index in [1.54, 1.807) is 0 Å². The molecule has 0 saturated carbocycles. The Morgan fingerprint density at radius 3 is 2.18 bits per heavy atom. The number of benzene rings is 1. The summed E-state index contributed by atoms with van der Waals surface area (Å²) in [5.41, 5.74) is 0. The smallest absolute Gasteiger partial charge is 0.115 e. The number of aromatic hydroxyl groups is 1. The van der Waals surface area contributed by atoms with E-state index in [4.69, 9.17) is 9.89 Å².